The summed E-state index contributed by atoms with van der Waals surface area (Å²) < 4.78 is 68.8. The van der Waals surface area contributed by atoms with Crippen LogP contribution in [0.4, 0.5) is 15.8 Å². The number of benzene rings is 2. The molecule has 5 rings (SSSR count). The average molecular weight is 549 g/mol. The number of halogens is 1. The van der Waals surface area contributed by atoms with Gasteiger partial charge in [0.15, 0.2) is 5.84 Å². The molecule has 13 heteroatoms. The van der Waals surface area contributed by atoms with E-state index in [1.807, 2.05) is 0 Å². The molecular weight excluding hydrogens is 523 g/mol. The Bertz CT molecular complexity index is 1580. The van der Waals surface area contributed by atoms with Crippen LogP contribution < -0.4 is 10.0 Å². The number of sulfonamides is 2. The maximum Gasteiger partial charge on any atom is 0.286 e. The van der Waals surface area contributed by atoms with E-state index in [1.54, 1.807) is 24.0 Å². The van der Waals surface area contributed by atoms with E-state index in [2.05, 4.69) is 14.4 Å². The van der Waals surface area contributed by atoms with Crippen molar-refractivity contribution in [2.75, 3.05) is 22.8 Å². The van der Waals surface area contributed by atoms with Crippen molar-refractivity contribution in [3.8, 4) is 0 Å². The van der Waals surface area contributed by atoms with Gasteiger partial charge in [0.05, 0.1) is 11.9 Å². The number of hydrogen-bond donors (Lipinski definition) is 3. The van der Waals surface area contributed by atoms with Gasteiger partial charge in [0.1, 0.15) is 22.0 Å². The number of anilines is 2. The number of carbonyl (C=O) groups is 1. The summed E-state index contributed by atoms with van der Waals surface area (Å²) in [5, 5.41) is 14.2. The van der Waals surface area contributed by atoms with E-state index in [9.17, 15) is 31.1 Å². The molecule has 0 aromatic heterocycles. The van der Waals surface area contributed by atoms with E-state index in [0.29, 0.717) is 0 Å². The number of nitrogens with zero attached hydrogens (tertiary/aromatic N) is 2. The van der Waals surface area contributed by atoms with Crippen LogP contribution in [0, 0.1) is 11.2 Å². The maximum absolute atomic E-state index is 13.5. The molecule has 0 unspecified atom stereocenters. The van der Waals surface area contributed by atoms with Gasteiger partial charge in [-0.3, -0.25) is 9.52 Å². The first-order valence-electron chi connectivity index (χ1n) is 11.5. The Labute approximate surface area is 214 Å². The van der Waals surface area contributed by atoms with E-state index >= 15 is 0 Å². The predicted molar refractivity (Wildman–Crippen MR) is 136 cm³/mol. The lowest BCUT2D eigenvalue weighted by atomic mass is 9.76. The maximum atomic E-state index is 13.5. The molecule has 1 amide bonds. The topological polar surface area (TPSA) is 145 Å². The highest BCUT2D eigenvalue weighted by atomic mass is 32.2. The van der Waals surface area contributed by atoms with E-state index in [4.69, 9.17) is 0 Å². The second kappa shape index (κ2) is 8.55. The van der Waals surface area contributed by atoms with Crippen LogP contribution in [0.2, 0.25) is 0 Å². The highest BCUT2D eigenvalue weighted by Gasteiger charge is 2.49. The van der Waals surface area contributed by atoms with Crippen LogP contribution in [0.5, 0.6) is 0 Å². The SMILES string of the molecule is C[C@@]1(Cc2ccc(F)cc2)CN(C2CC2)C(=O)C(C2=NS(=O)(=O)c3cc(NS(C)(=O)=O)ccc3N2)=C1O. The molecule has 196 valence electrons. The Morgan fingerprint density at radius 3 is 2.51 bits per heavy atom. The summed E-state index contributed by atoms with van der Waals surface area (Å²) in [6.45, 7) is 1.98. The van der Waals surface area contributed by atoms with Crippen LogP contribution in [-0.2, 0) is 31.3 Å². The van der Waals surface area contributed by atoms with Gasteiger partial charge in [0, 0.05) is 23.7 Å². The molecule has 3 N–H and O–H groups in total. The van der Waals surface area contributed by atoms with Crippen LogP contribution >= 0.6 is 0 Å². The molecule has 0 bridgehead atoms. The van der Waals surface area contributed by atoms with E-state index in [-0.39, 0.29) is 52.4 Å². The number of rotatable bonds is 6. The van der Waals surface area contributed by atoms with Gasteiger partial charge in [0.2, 0.25) is 10.0 Å². The first-order chi connectivity index (χ1) is 17.3. The second-order valence-electron chi connectivity index (χ2n) is 9.88. The Morgan fingerprint density at radius 1 is 1.22 bits per heavy atom. The predicted octanol–water partition coefficient (Wildman–Crippen LogP) is 2.78. The molecule has 2 aliphatic heterocycles. The van der Waals surface area contributed by atoms with Gasteiger partial charge in [-0.2, -0.15) is 8.42 Å². The molecule has 2 heterocycles. The Morgan fingerprint density at radius 2 is 1.89 bits per heavy atom. The third-order valence-corrected chi connectivity index (χ3v) is 8.48. The second-order valence-corrected chi connectivity index (χ2v) is 13.2. The Hall–Kier alpha value is -3.45. The molecule has 0 saturated heterocycles. The van der Waals surface area contributed by atoms with E-state index in [1.165, 1.54) is 24.3 Å². The third-order valence-electron chi connectivity index (χ3n) is 6.56. The van der Waals surface area contributed by atoms with Gasteiger partial charge in [-0.25, -0.2) is 12.8 Å². The highest BCUT2D eigenvalue weighted by Crippen LogP contribution is 2.43. The minimum absolute atomic E-state index is 0.0270. The van der Waals surface area contributed by atoms with Crippen molar-refractivity contribution in [1.29, 1.82) is 0 Å². The van der Waals surface area contributed by atoms with Gasteiger partial charge >= 0.3 is 0 Å². The Kier molecular flexibility index (Phi) is 5.83. The van der Waals surface area contributed by atoms with Crippen molar-refractivity contribution >= 4 is 43.2 Å². The molecule has 0 spiro atoms. The van der Waals surface area contributed by atoms with Crippen molar-refractivity contribution in [1.82, 2.24) is 4.90 Å². The van der Waals surface area contributed by atoms with Crippen molar-refractivity contribution in [2.24, 2.45) is 9.81 Å². The molecule has 1 atom stereocenters. The molecule has 2 aromatic carbocycles. The minimum atomic E-state index is -4.36. The van der Waals surface area contributed by atoms with Gasteiger partial charge < -0.3 is 15.3 Å². The smallest absolute Gasteiger partial charge is 0.286 e. The van der Waals surface area contributed by atoms with Crippen LogP contribution in [0.15, 0.2) is 63.1 Å². The van der Waals surface area contributed by atoms with Crippen LogP contribution in [-0.4, -0.2) is 57.4 Å². The van der Waals surface area contributed by atoms with Gasteiger partial charge in [-0.05, 0) is 55.2 Å². The lowest BCUT2D eigenvalue weighted by molar-refractivity contribution is -0.130. The molecule has 1 aliphatic carbocycles. The average Bonchev–Trinajstić information content (AvgIpc) is 3.63. The normalized spacial score (nSPS) is 23.3. The van der Waals surface area contributed by atoms with Gasteiger partial charge in [0.25, 0.3) is 15.9 Å². The number of hydrogen-bond acceptors (Lipinski definition) is 7. The molecule has 0 radical (unpaired) electrons. The van der Waals surface area contributed by atoms with E-state index in [0.717, 1.165) is 30.7 Å². The van der Waals surface area contributed by atoms with Crippen LogP contribution in [0.25, 0.3) is 0 Å². The number of amidine groups is 1. The molecule has 1 saturated carbocycles. The fourth-order valence-corrected chi connectivity index (χ4v) is 6.40. The number of carbonyl (C=O) groups excluding carboxylic acids is 1. The van der Waals surface area contributed by atoms with E-state index < -0.39 is 37.2 Å². The summed E-state index contributed by atoms with van der Waals surface area (Å²) in [6.07, 6.45) is 2.80. The zero-order chi connectivity index (χ0) is 26.8. The standard InChI is InChI=1S/C24H25FN4O6S2/c1-24(12-14-3-5-15(25)6-4-14)13-29(17-8-9-17)23(31)20(21(24)30)22-26-18-10-7-16(27-36(2,32)33)11-19(18)37(34,35)28-22/h3-7,10-11,17,27,30H,8-9,12-13H2,1-2H3,(H,26,28)/t24-/m1/s1. The quantitative estimate of drug-likeness (QED) is 0.503. The molecule has 2 aromatic rings. The number of amides is 1. The Balaban J connectivity index is 1.57. The fourth-order valence-electron chi connectivity index (χ4n) is 4.70. The third kappa shape index (κ3) is 4.92. The molecule has 10 nitrogen and oxygen atoms in total. The monoisotopic (exact) mass is 548 g/mol. The minimum Gasteiger partial charge on any atom is -0.511 e. The fraction of sp³-hybridized carbons (Fsp3) is 0.333. The molecule has 3 aliphatic rings. The zero-order valence-electron chi connectivity index (χ0n) is 20.0. The van der Waals surface area contributed by atoms with Crippen molar-refractivity contribution in [2.45, 2.75) is 37.1 Å². The lowest BCUT2D eigenvalue weighted by Crippen LogP contribution is -2.51. The number of nitrogens with one attached hydrogen (secondary N) is 2. The summed E-state index contributed by atoms with van der Waals surface area (Å²) in [5.74, 6) is -1.54. The van der Waals surface area contributed by atoms with Gasteiger partial charge in [-0.15, -0.1) is 4.40 Å². The number of aliphatic hydroxyl groups excluding tert-OH is 1. The molecular formula is C24H25FN4O6S2. The number of fused-ring (bicyclic) bond motifs is 1. The first kappa shape index (κ1) is 25.2. The summed E-state index contributed by atoms with van der Waals surface area (Å²) in [5.41, 5.74) is -0.368. The van der Waals surface area contributed by atoms with Crippen molar-refractivity contribution in [3.63, 3.8) is 0 Å². The molecule has 1 fully saturated rings. The highest BCUT2D eigenvalue weighted by molar-refractivity contribution is 7.92. The van der Waals surface area contributed by atoms with Crippen LogP contribution in [0.3, 0.4) is 0 Å². The first-order valence-corrected chi connectivity index (χ1v) is 14.8. The van der Waals surface area contributed by atoms with Gasteiger partial charge in [-0.1, -0.05) is 19.1 Å². The molecule has 37 heavy (non-hydrogen) atoms. The summed E-state index contributed by atoms with van der Waals surface area (Å²) >= 11 is 0. The summed E-state index contributed by atoms with van der Waals surface area (Å²) in [4.78, 5) is 14.9. The lowest BCUT2D eigenvalue weighted by Gasteiger charge is -2.41. The summed E-state index contributed by atoms with van der Waals surface area (Å²) in [7, 11) is -8.00. The van der Waals surface area contributed by atoms with Crippen LogP contribution in [0.1, 0.15) is 25.3 Å². The largest absolute Gasteiger partial charge is 0.511 e. The zero-order valence-corrected chi connectivity index (χ0v) is 21.7. The van der Waals surface area contributed by atoms with Crippen molar-refractivity contribution < 1.29 is 31.1 Å². The van der Waals surface area contributed by atoms with Crippen molar-refractivity contribution in [3.05, 3.63) is 65.2 Å². The number of aliphatic hydroxyl groups is 1. The summed E-state index contributed by atoms with van der Waals surface area (Å²) in [6, 6.07) is 9.67.